The summed E-state index contributed by atoms with van der Waals surface area (Å²) >= 11 is 5.75. The van der Waals surface area contributed by atoms with Crippen LogP contribution >= 0.6 is 23.4 Å². The minimum absolute atomic E-state index is 0.441. The highest BCUT2D eigenvalue weighted by molar-refractivity contribution is 7.99. The third-order valence-electron chi connectivity index (χ3n) is 1.50. The molecule has 0 bridgehead atoms. The Labute approximate surface area is 99.2 Å². The third kappa shape index (κ3) is 5.27. The summed E-state index contributed by atoms with van der Waals surface area (Å²) in [5.41, 5.74) is 0.441. The Morgan fingerprint density at radius 2 is 1.88 bits per heavy atom. The molecule has 0 unspecified atom stereocenters. The molecule has 0 aliphatic heterocycles. The summed E-state index contributed by atoms with van der Waals surface area (Å²) in [6.45, 7) is 0. The summed E-state index contributed by atoms with van der Waals surface area (Å²) in [6, 6.07) is 5.94. The molecule has 0 aliphatic carbocycles. The number of alkyl halides is 3. The molecule has 88 valence electrons. The number of halogens is 4. The van der Waals surface area contributed by atoms with E-state index < -0.39 is 17.3 Å². The molecule has 1 N–H and O–H groups in total. The Balaban J connectivity index is 2.55. The highest BCUT2D eigenvalue weighted by Gasteiger charge is 2.27. The van der Waals surface area contributed by atoms with Gasteiger partial charge in [-0.05, 0) is 35.9 Å². The van der Waals surface area contributed by atoms with Gasteiger partial charge in [-0.25, -0.2) is 0 Å². The zero-order valence-corrected chi connectivity index (χ0v) is 9.42. The Kier molecular flexibility index (Phi) is 4.49. The van der Waals surface area contributed by atoms with Gasteiger partial charge in [-0.2, -0.15) is 13.2 Å². The van der Waals surface area contributed by atoms with Crippen LogP contribution < -0.4 is 5.32 Å². The average molecular weight is 270 g/mol. The van der Waals surface area contributed by atoms with E-state index in [9.17, 15) is 18.0 Å². The first-order valence-electron chi connectivity index (χ1n) is 4.13. The number of hydrogen-bond donors (Lipinski definition) is 1. The summed E-state index contributed by atoms with van der Waals surface area (Å²) in [5, 5.41) is 1.56. The highest BCUT2D eigenvalue weighted by Crippen LogP contribution is 2.27. The van der Waals surface area contributed by atoms with Gasteiger partial charge < -0.3 is 5.32 Å². The van der Waals surface area contributed by atoms with Gasteiger partial charge in [-0.3, -0.25) is 4.79 Å². The van der Waals surface area contributed by atoms with Crippen molar-refractivity contribution in [2.24, 2.45) is 0 Å². The number of anilines is 1. The van der Waals surface area contributed by atoms with Gasteiger partial charge in [0.05, 0.1) is 5.75 Å². The molecule has 0 radical (unpaired) electrons. The van der Waals surface area contributed by atoms with E-state index >= 15 is 0 Å². The predicted octanol–water partition coefficient (Wildman–Crippen LogP) is 4.11. The second-order valence-corrected chi connectivity index (χ2v) is 4.22. The molecule has 2 nitrogen and oxygen atoms in total. The van der Waals surface area contributed by atoms with Gasteiger partial charge in [0.25, 0.3) is 0 Å². The SMILES string of the molecule is O=C(Cl)Nc1ccc(SCC(F)(F)F)cc1. The molecule has 16 heavy (non-hydrogen) atoms. The van der Waals surface area contributed by atoms with Crippen molar-refractivity contribution in [1.82, 2.24) is 0 Å². The topological polar surface area (TPSA) is 29.1 Å². The number of thioether (sulfide) groups is 1. The molecular formula is C9H7ClF3NOS. The molecule has 1 amide bonds. The molecule has 0 atom stereocenters. The molecule has 0 aromatic heterocycles. The fourth-order valence-electron chi connectivity index (χ4n) is 0.913. The first-order valence-corrected chi connectivity index (χ1v) is 5.49. The molecule has 0 saturated carbocycles. The number of carbonyl (C=O) groups is 1. The molecule has 0 heterocycles. The smallest absolute Gasteiger partial charge is 0.312 e. The van der Waals surface area contributed by atoms with Crippen molar-refractivity contribution in [2.75, 3.05) is 11.1 Å². The summed E-state index contributed by atoms with van der Waals surface area (Å²) < 4.78 is 35.7. The maximum Gasteiger partial charge on any atom is 0.398 e. The quantitative estimate of drug-likeness (QED) is 0.508. The van der Waals surface area contributed by atoms with Crippen molar-refractivity contribution in [2.45, 2.75) is 11.1 Å². The zero-order valence-electron chi connectivity index (χ0n) is 7.84. The predicted molar refractivity (Wildman–Crippen MR) is 58.1 cm³/mol. The third-order valence-corrected chi connectivity index (χ3v) is 2.67. The van der Waals surface area contributed by atoms with Gasteiger partial charge in [-0.15, -0.1) is 11.8 Å². The van der Waals surface area contributed by atoms with Crippen LogP contribution in [0.15, 0.2) is 29.2 Å². The van der Waals surface area contributed by atoms with Crippen LogP contribution in [0, 0.1) is 0 Å². The fraction of sp³-hybridized carbons (Fsp3) is 0.222. The molecule has 0 fully saturated rings. The van der Waals surface area contributed by atoms with E-state index in [2.05, 4.69) is 5.32 Å². The summed E-state index contributed by atoms with van der Waals surface area (Å²) in [4.78, 5) is 10.9. The summed E-state index contributed by atoms with van der Waals surface area (Å²) in [6.07, 6.45) is -4.19. The lowest BCUT2D eigenvalue weighted by Gasteiger charge is -2.06. The summed E-state index contributed by atoms with van der Waals surface area (Å²) in [7, 11) is 0. The molecule has 0 aliphatic rings. The van der Waals surface area contributed by atoms with Crippen LogP contribution in [0.3, 0.4) is 0 Å². The average Bonchev–Trinajstić information content (AvgIpc) is 2.14. The van der Waals surface area contributed by atoms with Crippen LogP contribution in [-0.4, -0.2) is 17.3 Å². The van der Waals surface area contributed by atoms with E-state index in [0.29, 0.717) is 22.3 Å². The van der Waals surface area contributed by atoms with Gasteiger partial charge in [-0.1, -0.05) is 0 Å². The largest absolute Gasteiger partial charge is 0.398 e. The fourth-order valence-corrected chi connectivity index (χ4v) is 1.68. The first-order chi connectivity index (χ1) is 7.37. The molecule has 1 aromatic rings. The normalized spacial score (nSPS) is 11.2. The molecule has 1 aromatic carbocycles. The Morgan fingerprint density at radius 3 is 2.31 bits per heavy atom. The lowest BCUT2D eigenvalue weighted by atomic mass is 10.3. The van der Waals surface area contributed by atoms with E-state index in [-0.39, 0.29) is 0 Å². The van der Waals surface area contributed by atoms with E-state index in [0.717, 1.165) is 0 Å². The molecule has 7 heteroatoms. The molecule has 0 saturated heterocycles. The second kappa shape index (κ2) is 5.45. The number of nitrogens with one attached hydrogen (secondary N) is 1. The lowest BCUT2D eigenvalue weighted by Crippen LogP contribution is -2.10. The Morgan fingerprint density at radius 1 is 1.31 bits per heavy atom. The zero-order chi connectivity index (χ0) is 12.2. The first kappa shape index (κ1) is 13.2. The maximum absolute atomic E-state index is 11.9. The number of hydrogen-bond acceptors (Lipinski definition) is 2. The van der Waals surface area contributed by atoms with Crippen LogP contribution in [0.2, 0.25) is 0 Å². The van der Waals surface area contributed by atoms with Crippen molar-refractivity contribution in [3.05, 3.63) is 24.3 Å². The molecular weight excluding hydrogens is 263 g/mol. The number of carbonyl (C=O) groups excluding carboxylic acids is 1. The number of rotatable bonds is 3. The highest BCUT2D eigenvalue weighted by atomic mass is 35.5. The summed E-state index contributed by atoms with van der Waals surface area (Å²) in [5.74, 6) is -0.936. The Hall–Kier alpha value is -0.880. The standard InChI is InChI=1S/C9H7ClF3NOS/c10-8(15)14-6-1-3-7(4-2-6)16-5-9(11,12)13/h1-4H,5H2,(H,14,15). The van der Waals surface area contributed by atoms with E-state index in [4.69, 9.17) is 11.6 Å². The number of amides is 1. The van der Waals surface area contributed by atoms with Crippen molar-refractivity contribution in [3.63, 3.8) is 0 Å². The Bertz CT molecular complexity index is 366. The van der Waals surface area contributed by atoms with Gasteiger partial charge in [0.1, 0.15) is 0 Å². The van der Waals surface area contributed by atoms with Crippen molar-refractivity contribution in [1.29, 1.82) is 0 Å². The van der Waals surface area contributed by atoms with Crippen LogP contribution in [0.4, 0.5) is 23.7 Å². The van der Waals surface area contributed by atoms with Gasteiger partial charge in [0.2, 0.25) is 0 Å². The van der Waals surface area contributed by atoms with Crippen molar-refractivity contribution in [3.8, 4) is 0 Å². The molecule has 0 spiro atoms. The van der Waals surface area contributed by atoms with Gasteiger partial charge >= 0.3 is 11.5 Å². The maximum atomic E-state index is 11.9. The van der Waals surface area contributed by atoms with Gasteiger partial charge in [0.15, 0.2) is 0 Å². The number of benzene rings is 1. The van der Waals surface area contributed by atoms with Crippen LogP contribution in [-0.2, 0) is 0 Å². The van der Waals surface area contributed by atoms with Crippen LogP contribution in [0.5, 0.6) is 0 Å². The monoisotopic (exact) mass is 269 g/mol. The van der Waals surface area contributed by atoms with E-state index in [1.807, 2.05) is 0 Å². The van der Waals surface area contributed by atoms with E-state index in [1.165, 1.54) is 24.3 Å². The van der Waals surface area contributed by atoms with Crippen molar-refractivity contribution < 1.29 is 18.0 Å². The molecule has 1 rings (SSSR count). The van der Waals surface area contributed by atoms with Gasteiger partial charge in [0, 0.05) is 10.6 Å². The minimum Gasteiger partial charge on any atom is -0.312 e. The minimum atomic E-state index is -4.19. The van der Waals surface area contributed by atoms with Crippen LogP contribution in [0.25, 0.3) is 0 Å². The van der Waals surface area contributed by atoms with Crippen molar-refractivity contribution >= 4 is 34.4 Å². The lowest BCUT2D eigenvalue weighted by molar-refractivity contribution is -0.105. The van der Waals surface area contributed by atoms with Crippen LogP contribution in [0.1, 0.15) is 0 Å². The van der Waals surface area contributed by atoms with E-state index in [1.54, 1.807) is 0 Å². The second-order valence-electron chi connectivity index (χ2n) is 2.83.